The molecule has 1 aromatic carbocycles. The van der Waals surface area contributed by atoms with Crippen molar-refractivity contribution in [3.8, 4) is 0 Å². The van der Waals surface area contributed by atoms with Gasteiger partial charge in [0.15, 0.2) is 5.82 Å². The Morgan fingerprint density at radius 3 is 2.50 bits per heavy atom. The molecule has 0 aliphatic heterocycles. The second-order valence-electron chi connectivity index (χ2n) is 4.72. The van der Waals surface area contributed by atoms with Crippen LogP contribution in [0.4, 0.5) is 17.5 Å². The fraction of sp³-hybridized carbons (Fsp3) is 0.308. The van der Waals surface area contributed by atoms with E-state index in [9.17, 15) is 0 Å². The molecule has 7 heteroatoms. The minimum atomic E-state index is 0.483. The second kappa shape index (κ2) is 6.72. The van der Waals surface area contributed by atoms with Crippen molar-refractivity contribution in [1.29, 1.82) is 0 Å². The lowest BCUT2D eigenvalue weighted by Gasteiger charge is -2.09. The molecular formula is C13H15Cl2N5. The first-order valence-corrected chi connectivity index (χ1v) is 6.95. The molecule has 106 valence electrons. The molecule has 0 unspecified atom stereocenters. The smallest absolute Gasteiger partial charge is 0.244 e. The Morgan fingerprint density at radius 1 is 1.15 bits per heavy atom. The van der Waals surface area contributed by atoms with Gasteiger partial charge in [0.05, 0.1) is 6.20 Å². The lowest BCUT2D eigenvalue weighted by Crippen LogP contribution is -2.11. The number of nitrogens with zero attached hydrogens (tertiary/aromatic N) is 3. The zero-order valence-corrected chi connectivity index (χ0v) is 12.7. The van der Waals surface area contributed by atoms with Crippen molar-refractivity contribution in [2.45, 2.75) is 13.8 Å². The van der Waals surface area contributed by atoms with Gasteiger partial charge in [-0.1, -0.05) is 37.0 Å². The number of hydrogen-bond donors (Lipinski definition) is 2. The average molecular weight is 312 g/mol. The van der Waals surface area contributed by atoms with Crippen LogP contribution in [0, 0.1) is 5.92 Å². The number of nitrogens with one attached hydrogen (secondary N) is 2. The molecule has 0 atom stereocenters. The Hall–Kier alpha value is -1.59. The van der Waals surface area contributed by atoms with E-state index in [-0.39, 0.29) is 0 Å². The number of halogens is 2. The standard InChI is InChI=1S/C13H15Cl2N5/c1-8(2)6-16-13-19-12(7-17-20-13)18-11-4-9(14)3-10(15)5-11/h3-5,7-8H,6H2,1-2H3,(H2,16,18,19,20). The van der Waals surface area contributed by atoms with Crippen molar-refractivity contribution in [2.75, 3.05) is 17.2 Å². The van der Waals surface area contributed by atoms with Gasteiger partial charge in [0.2, 0.25) is 5.95 Å². The molecule has 0 saturated heterocycles. The highest BCUT2D eigenvalue weighted by atomic mass is 35.5. The molecule has 2 rings (SSSR count). The van der Waals surface area contributed by atoms with E-state index in [4.69, 9.17) is 23.2 Å². The maximum atomic E-state index is 5.95. The molecule has 0 fully saturated rings. The van der Waals surface area contributed by atoms with Crippen LogP contribution < -0.4 is 10.6 Å². The van der Waals surface area contributed by atoms with Crippen LogP contribution >= 0.6 is 23.2 Å². The minimum Gasteiger partial charge on any atom is -0.353 e. The summed E-state index contributed by atoms with van der Waals surface area (Å²) in [4.78, 5) is 4.32. The van der Waals surface area contributed by atoms with Crippen LogP contribution in [-0.2, 0) is 0 Å². The molecule has 0 aliphatic carbocycles. The second-order valence-corrected chi connectivity index (χ2v) is 5.60. The van der Waals surface area contributed by atoms with Crippen LogP contribution in [0.3, 0.4) is 0 Å². The zero-order valence-electron chi connectivity index (χ0n) is 11.2. The summed E-state index contributed by atoms with van der Waals surface area (Å²) in [6.45, 7) is 5.00. The van der Waals surface area contributed by atoms with Crippen LogP contribution in [0.5, 0.6) is 0 Å². The van der Waals surface area contributed by atoms with E-state index < -0.39 is 0 Å². The maximum Gasteiger partial charge on any atom is 0.244 e. The number of hydrogen-bond acceptors (Lipinski definition) is 5. The lowest BCUT2D eigenvalue weighted by molar-refractivity contribution is 0.682. The molecule has 0 radical (unpaired) electrons. The normalized spacial score (nSPS) is 10.7. The van der Waals surface area contributed by atoms with Crippen LogP contribution in [-0.4, -0.2) is 21.7 Å². The van der Waals surface area contributed by atoms with Gasteiger partial charge in [-0.25, -0.2) is 0 Å². The Balaban J connectivity index is 2.11. The summed E-state index contributed by atoms with van der Waals surface area (Å²) in [7, 11) is 0. The maximum absolute atomic E-state index is 5.95. The number of rotatable bonds is 5. The average Bonchev–Trinajstić information content (AvgIpc) is 2.35. The summed E-state index contributed by atoms with van der Waals surface area (Å²) in [6, 6.07) is 5.19. The van der Waals surface area contributed by atoms with Gasteiger partial charge >= 0.3 is 0 Å². The van der Waals surface area contributed by atoms with E-state index in [1.807, 2.05) is 0 Å². The summed E-state index contributed by atoms with van der Waals surface area (Å²) < 4.78 is 0. The van der Waals surface area contributed by atoms with Crippen molar-refractivity contribution in [3.05, 3.63) is 34.4 Å². The van der Waals surface area contributed by atoms with Crippen molar-refractivity contribution in [2.24, 2.45) is 5.92 Å². The molecule has 2 aromatic rings. The molecular weight excluding hydrogens is 297 g/mol. The Kier molecular flexibility index (Phi) is 4.98. The van der Waals surface area contributed by atoms with Gasteiger partial charge in [0.25, 0.3) is 0 Å². The van der Waals surface area contributed by atoms with Crippen molar-refractivity contribution in [3.63, 3.8) is 0 Å². The first-order valence-electron chi connectivity index (χ1n) is 6.19. The molecule has 1 aromatic heterocycles. The van der Waals surface area contributed by atoms with Gasteiger partial charge in [-0.15, -0.1) is 5.10 Å². The first-order chi connectivity index (χ1) is 9.52. The van der Waals surface area contributed by atoms with Gasteiger partial charge in [0, 0.05) is 22.3 Å². The van der Waals surface area contributed by atoms with E-state index >= 15 is 0 Å². The molecule has 1 heterocycles. The fourth-order valence-corrected chi connectivity index (χ4v) is 2.03. The Bertz CT molecular complexity index is 568. The highest BCUT2D eigenvalue weighted by molar-refractivity contribution is 6.35. The van der Waals surface area contributed by atoms with Gasteiger partial charge < -0.3 is 10.6 Å². The molecule has 0 bridgehead atoms. The Morgan fingerprint density at radius 2 is 1.85 bits per heavy atom. The SMILES string of the molecule is CC(C)CNc1nncc(Nc2cc(Cl)cc(Cl)c2)n1. The van der Waals surface area contributed by atoms with Gasteiger partial charge in [-0.3, -0.25) is 0 Å². The topological polar surface area (TPSA) is 62.7 Å². The third-order valence-electron chi connectivity index (χ3n) is 2.36. The van der Waals surface area contributed by atoms with E-state index in [0.29, 0.717) is 27.7 Å². The summed E-state index contributed by atoms with van der Waals surface area (Å²) >= 11 is 11.9. The third kappa shape index (κ3) is 4.51. The largest absolute Gasteiger partial charge is 0.353 e. The van der Waals surface area contributed by atoms with E-state index in [0.717, 1.165) is 12.2 Å². The highest BCUT2D eigenvalue weighted by Gasteiger charge is 2.03. The minimum absolute atomic E-state index is 0.483. The van der Waals surface area contributed by atoms with Crippen LogP contribution in [0.25, 0.3) is 0 Å². The van der Waals surface area contributed by atoms with Crippen molar-refractivity contribution < 1.29 is 0 Å². The molecule has 20 heavy (non-hydrogen) atoms. The van der Waals surface area contributed by atoms with Crippen molar-refractivity contribution >= 4 is 40.7 Å². The quantitative estimate of drug-likeness (QED) is 0.874. The van der Waals surface area contributed by atoms with E-state index in [2.05, 4.69) is 39.7 Å². The van der Waals surface area contributed by atoms with Crippen LogP contribution in [0.15, 0.2) is 24.4 Å². The van der Waals surface area contributed by atoms with Gasteiger partial charge in [0.1, 0.15) is 0 Å². The van der Waals surface area contributed by atoms with Crippen LogP contribution in [0.1, 0.15) is 13.8 Å². The van der Waals surface area contributed by atoms with Gasteiger partial charge in [-0.2, -0.15) is 10.1 Å². The third-order valence-corrected chi connectivity index (χ3v) is 2.80. The number of aromatic nitrogens is 3. The summed E-state index contributed by atoms with van der Waals surface area (Å²) in [5.41, 5.74) is 0.748. The number of benzene rings is 1. The predicted octanol–water partition coefficient (Wildman–Crippen LogP) is 3.99. The number of anilines is 3. The molecule has 0 aliphatic rings. The Labute approximate surface area is 127 Å². The summed E-state index contributed by atoms with van der Waals surface area (Å²) in [6.07, 6.45) is 1.54. The monoisotopic (exact) mass is 311 g/mol. The van der Waals surface area contributed by atoms with Crippen LogP contribution in [0.2, 0.25) is 10.0 Å². The van der Waals surface area contributed by atoms with Crippen molar-refractivity contribution in [1.82, 2.24) is 15.2 Å². The first kappa shape index (κ1) is 14.8. The predicted molar refractivity (Wildman–Crippen MR) is 82.9 cm³/mol. The van der Waals surface area contributed by atoms with E-state index in [1.165, 1.54) is 6.20 Å². The zero-order chi connectivity index (χ0) is 14.5. The lowest BCUT2D eigenvalue weighted by atomic mass is 10.2. The molecule has 0 spiro atoms. The molecule has 0 saturated carbocycles. The fourth-order valence-electron chi connectivity index (χ4n) is 1.51. The summed E-state index contributed by atoms with van der Waals surface area (Å²) in [5, 5.41) is 15.1. The molecule has 0 amide bonds. The molecule has 5 nitrogen and oxygen atoms in total. The van der Waals surface area contributed by atoms with E-state index in [1.54, 1.807) is 18.2 Å². The van der Waals surface area contributed by atoms with Gasteiger partial charge in [-0.05, 0) is 24.1 Å². The molecule has 2 N–H and O–H groups in total. The summed E-state index contributed by atoms with van der Waals surface area (Å²) in [5.74, 6) is 1.56. The highest BCUT2D eigenvalue weighted by Crippen LogP contribution is 2.24.